The minimum Gasteiger partial charge on any atom is -0.436 e. The Morgan fingerprint density at radius 3 is 2.72 bits per heavy atom. The summed E-state index contributed by atoms with van der Waals surface area (Å²) in [5.41, 5.74) is 5.33. The van der Waals surface area contributed by atoms with E-state index in [1.54, 1.807) is 0 Å². The Hall–Kier alpha value is -2.40. The lowest BCUT2D eigenvalue weighted by molar-refractivity contribution is -0.0458. The highest BCUT2D eigenvalue weighted by atomic mass is 35.5. The maximum atomic E-state index is 12.2. The van der Waals surface area contributed by atoms with Crippen LogP contribution in [-0.2, 0) is 18.9 Å². The van der Waals surface area contributed by atoms with E-state index in [0.29, 0.717) is 32.3 Å². The number of carbonyl (C=O) groups is 1. The van der Waals surface area contributed by atoms with Crippen molar-refractivity contribution >= 4 is 23.5 Å². The summed E-state index contributed by atoms with van der Waals surface area (Å²) in [5.74, 6) is 5.94. The van der Waals surface area contributed by atoms with Crippen molar-refractivity contribution in [1.82, 2.24) is 14.9 Å². The molecule has 1 aliphatic heterocycles. The van der Waals surface area contributed by atoms with E-state index in [-0.39, 0.29) is 37.6 Å². The lowest BCUT2D eigenvalue weighted by Crippen LogP contribution is -2.29. The molecule has 2 heterocycles. The molecular weight excluding hydrogens is 496 g/mol. The first kappa shape index (κ1) is 29.8. The number of rotatable bonds is 15. The normalized spacial score (nSPS) is 19.0. The number of amides is 1. The number of unbranched alkanes of at least 4 members (excludes halogenated alkanes) is 3. The number of alkyl carbamates (subject to hydrolysis) is 1. The Morgan fingerprint density at radius 2 is 2.00 bits per heavy atom. The van der Waals surface area contributed by atoms with Crippen molar-refractivity contribution in [3.63, 3.8) is 0 Å². The quantitative estimate of drug-likeness (QED) is 0.141. The number of nitrogens with two attached hydrogens (primary N) is 1. The summed E-state index contributed by atoms with van der Waals surface area (Å²) in [5, 5.41) is 21.6. The topological polar surface area (TPSA) is 167 Å². The van der Waals surface area contributed by atoms with Gasteiger partial charge in [0.1, 0.15) is 18.1 Å². The van der Waals surface area contributed by atoms with Gasteiger partial charge >= 0.3 is 11.8 Å². The lowest BCUT2D eigenvalue weighted by Gasteiger charge is -2.15. The third-order valence-electron chi connectivity index (χ3n) is 5.23. The molecule has 202 valence electrons. The van der Waals surface area contributed by atoms with Crippen molar-refractivity contribution in [1.29, 1.82) is 0 Å². The third kappa shape index (κ3) is 10.7. The molecule has 0 aromatic carbocycles. The molecule has 0 aliphatic carbocycles. The van der Waals surface area contributed by atoms with Gasteiger partial charge < -0.3 is 40.2 Å². The summed E-state index contributed by atoms with van der Waals surface area (Å²) in [6, 6.07) is 0. The van der Waals surface area contributed by atoms with Gasteiger partial charge in [-0.15, -0.1) is 11.6 Å². The van der Waals surface area contributed by atoms with Crippen molar-refractivity contribution < 1.29 is 34.0 Å². The van der Waals surface area contributed by atoms with Gasteiger partial charge in [-0.05, 0) is 12.8 Å². The first-order valence-electron chi connectivity index (χ1n) is 11.9. The summed E-state index contributed by atoms with van der Waals surface area (Å²) in [7, 11) is 0. The van der Waals surface area contributed by atoms with Crippen molar-refractivity contribution in [2.24, 2.45) is 0 Å². The molecule has 12 nitrogen and oxygen atoms in total. The second-order valence-corrected chi connectivity index (χ2v) is 8.36. The molecule has 13 heteroatoms. The van der Waals surface area contributed by atoms with E-state index >= 15 is 0 Å². The molecule has 1 fully saturated rings. The highest BCUT2D eigenvalue weighted by Crippen LogP contribution is 2.27. The molecular formula is C23H35ClN4O8. The zero-order chi connectivity index (χ0) is 26.2. The van der Waals surface area contributed by atoms with E-state index in [1.165, 1.54) is 6.20 Å². The molecule has 0 saturated carbocycles. The number of alkyl halides is 1. The van der Waals surface area contributed by atoms with Gasteiger partial charge in [0.05, 0.1) is 38.1 Å². The van der Waals surface area contributed by atoms with E-state index in [0.717, 1.165) is 30.3 Å². The number of nitrogens with one attached hydrogen (secondary N) is 1. The fourth-order valence-corrected chi connectivity index (χ4v) is 3.51. The van der Waals surface area contributed by atoms with Crippen LogP contribution in [0.25, 0.3) is 0 Å². The number of anilines is 1. The minimum absolute atomic E-state index is 0.0853. The monoisotopic (exact) mass is 530 g/mol. The molecule has 3 atom stereocenters. The van der Waals surface area contributed by atoms with Crippen molar-refractivity contribution in [2.75, 3.05) is 57.8 Å². The smallest absolute Gasteiger partial charge is 0.408 e. The number of hydrogen-bond donors (Lipinski definition) is 4. The molecule has 1 aliphatic rings. The maximum Gasteiger partial charge on any atom is 0.408 e. The van der Waals surface area contributed by atoms with Crippen LogP contribution in [0.15, 0.2) is 11.0 Å². The van der Waals surface area contributed by atoms with Crippen LogP contribution in [0.3, 0.4) is 0 Å². The maximum absolute atomic E-state index is 12.2. The molecule has 1 saturated heterocycles. The molecule has 1 aromatic rings. The molecule has 0 radical (unpaired) electrons. The summed E-state index contributed by atoms with van der Waals surface area (Å²) >= 11 is 5.62. The number of aliphatic hydroxyl groups is 2. The fraction of sp³-hybridized carbons (Fsp3) is 0.696. The number of carbonyl (C=O) groups excluding carboxylic acids is 1. The Bertz CT molecular complexity index is 920. The van der Waals surface area contributed by atoms with Gasteiger partial charge in [-0.3, -0.25) is 4.57 Å². The van der Waals surface area contributed by atoms with E-state index in [4.69, 9.17) is 36.3 Å². The van der Waals surface area contributed by atoms with Gasteiger partial charge in [0.25, 0.3) is 0 Å². The predicted octanol–water partition coefficient (Wildman–Crippen LogP) is 0.376. The van der Waals surface area contributed by atoms with Gasteiger partial charge in [0.15, 0.2) is 6.61 Å². The number of ether oxygens (including phenoxy) is 4. The Kier molecular flexibility index (Phi) is 14.2. The van der Waals surface area contributed by atoms with Gasteiger partial charge in [-0.25, -0.2) is 9.59 Å². The Labute approximate surface area is 215 Å². The molecule has 1 aromatic heterocycles. The molecule has 0 bridgehead atoms. The molecule has 0 spiro atoms. The molecule has 5 N–H and O–H groups in total. The van der Waals surface area contributed by atoms with Crippen LogP contribution in [0.2, 0.25) is 0 Å². The predicted molar refractivity (Wildman–Crippen MR) is 132 cm³/mol. The van der Waals surface area contributed by atoms with E-state index < -0.39 is 30.2 Å². The number of nitrogens with zero attached hydrogens (tertiary/aromatic N) is 2. The van der Waals surface area contributed by atoms with Crippen LogP contribution in [0.1, 0.15) is 43.9 Å². The fourth-order valence-electron chi connectivity index (χ4n) is 3.32. The highest BCUT2D eigenvalue weighted by molar-refractivity contribution is 6.17. The van der Waals surface area contributed by atoms with Gasteiger partial charge in [-0.2, -0.15) is 4.98 Å². The van der Waals surface area contributed by atoms with Gasteiger partial charge in [-0.1, -0.05) is 24.7 Å². The second-order valence-electron chi connectivity index (χ2n) is 7.98. The number of aliphatic hydroxyl groups excluding tert-OH is 2. The Balaban J connectivity index is 1.62. The molecule has 36 heavy (non-hydrogen) atoms. The van der Waals surface area contributed by atoms with Crippen LogP contribution in [0.4, 0.5) is 10.6 Å². The SMILES string of the molecule is Nc1nc(=O)n([C@H]2CC(O)[C@@H](CO)O2)cc1C#CCOC(=O)NCCOCCOCCCCCCCl. The first-order valence-corrected chi connectivity index (χ1v) is 12.4. The third-order valence-corrected chi connectivity index (χ3v) is 5.50. The summed E-state index contributed by atoms with van der Waals surface area (Å²) in [6.45, 7) is 1.63. The van der Waals surface area contributed by atoms with Gasteiger partial charge in [0.2, 0.25) is 0 Å². The number of hydrogen-bond acceptors (Lipinski definition) is 10. The van der Waals surface area contributed by atoms with Crippen molar-refractivity contribution in [2.45, 2.75) is 50.5 Å². The average Bonchev–Trinajstić information content (AvgIpc) is 3.23. The number of aromatic nitrogens is 2. The zero-order valence-corrected chi connectivity index (χ0v) is 21.0. The highest BCUT2D eigenvalue weighted by Gasteiger charge is 2.35. The number of halogens is 1. The average molecular weight is 531 g/mol. The van der Waals surface area contributed by atoms with Crippen molar-refractivity contribution in [3.05, 3.63) is 22.2 Å². The lowest BCUT2D eigenvalue weighted by atomic mass is 10.2. The molecule has 2 rings (SSSR count). The van der Waals surface area contributed by atoms with Crippen LogP contribution in [0.5, 0.6) is 0 Å². The Morgan fingerprint density at radius 1 is 1.25 bits per heavy atom. The van der Waals surface area contributed by atoms with Crippen LogP contribution >= 0.6 is 11.6 Å². The molecule has 1 unspecified atom stereocenters. The molecule has 1 amide bonds. The van der Waals surface area contributed by atoms with E-state index in [9.17, 15) is 19.8 Å². The van der Waals surface area contributed by atoms with Crippen LogP contribution < -0.4 is 16.7 Å². The van der Waals surface area contributed by atoms with Gasteiger partial charge in [0, 0.05) is 31.6 Å². The second kappa shape index (κ2) is 17.1. The van der Waals surface area contributed by atoms with Crippen LogP contribution in [0, 0.1) is 11.8 Å². The summed E-state index contributed by atoms with van der Waals surface area (Å²) in [6.07, 6.45) is 2.57. The summed E-state index contributed by atoms with van der Waals surface area (Å²) in [4.78, 5) is 27.6. The zero-order valence-electron chi connectivity index (χ0n) is 20.2. The van der Waals surface area contributed by atoms with E-state index in [2.05, 4.69) is 22.1 Å². The van der Waals surface area contributed by atoms with Crippen LogP contribution in [-0.4, -0.2) is 90.1 Å². The standard InChI is InChI=1S/C23H35ClN4O8/c24-7-3-1-2-4-9-33-12-13-34-11-8-26-23(32)35-10-5-6-17-15-28(22(31)27-21(17)25)20-14-18(30)19(16-29)36-20/h15,18-20,29-30H,1-4,7-14,16H2,(H,26,32)(H2,25,27,31)/t18?,19-,20-/m1/s1. The van der Waals surface area contributed by atoms with E-state index in [1.807, 2.05) is 0 Å². The first-order chi connectivity index (χ1) is 17.5. The van der Waals surface area contributed by atoms with Crippen molar-refractivity contribution in [3.8, 4) is 11.8 Å². The number of nitrogen functional groups attached to an aromatic ring is 1. The summed E-state index contributed by atoms with van der Waals surface area (Å²) < 4.78 is 22.4. The minimum atomic E-state index is -0.911. The largest absolute Gasteiger partial charge is 0.436 e.